The van der Waals surface area contributed by atoms with E-state index in [0.717, 1.165) is 0 Å². The molecule has 1 rings (SSSR count). The lowest BCUT2D eigenvalue weighted by Crippen LogP contribution is -2.30. The monoisotopic (exact) mass is 290 g/mol. The van der Waals surface area contributed by atoms with E-state index in [4.69, 9.17) is 23.2 Å². The van der Waals surface area contributed by atoms with Gasteiger partial charge < -0.3 is 0 Å². The van der Waals surface area contributed by atoms with Crippen LogP contribution in [0.15, 0.2) is 18.2 Å². The van der Waals surface area contributed by atoms with E-state index >= 15 is 0 Å². The van der Waals surface area contributed by atoms with Crippen LogP contribution in [0.2, 0.25) is 10.0 Å². The van der Waals surface area contributed by atoms with E-state index in [2.05, 4.69) is 0 Å². The average molecular weight is 291 g/mol. The molecule has 98 valence electrons. The minimum atomic E-state index is -2.18. The van der Waals surface area contributed by atoms with Gasteiger partial charge in [-0.15, -0.1) is 0 Å². The first-order valence-electron chi connectivity index (χ1n) is 5.55. The summed E-state index contributed by atoms with van der Waals surface area (Å²) in [6.07, 6.45) is -1.70. The molecule has 0 N–H and O–H groups in total. The summed E-state index contributed by atoms with van der Waals surface area (Å²) in [7, 11) is 0. The van der Waals surface area contributed by atoms with Gasteiger partial charge in [0.15, 0.2) is 5.78 Å². The second kappa shape index (κ2) is 6.30. The number of hydrogen-bond donors (Lipinski definition) is 0. The summed E-state index contributed by atoms with van der Waals surface area (Å²) in [6, 6.07) is 4.16. The van der Waals surface area contributed by atoms with Crippen LogP contribution < -0.4 is 0 Å². The number of halogens is 3. The molecule has 5 heteroatoms. The summed E-state index contributed by atoms with van der Waals surface area (Å²) in [6.45, 7) is 3.34. The largest absolute Gasteiger partial charge is 0.296 e. The molecule has 0 heterocycles. The van der Waals surface area contributed by atoms with Crippen molar-refractivity contribution in [3.63, 3.8) is 0 Å². The Morgan fingerprint density at radius 2 is 1.94 bits per heavy atom. The fourth-order valence-electron chi connectivity index (χ4n) is 1.40. The Labute approximate surface area is 115 Å². The third-order valence-corrected chi connectivity index (χ3v) is 3.34. The van der Waals surface area contributed by atoms with Crippen LogP contribution in [-0.2, 0) is 4.79 Å². The first-order valence-corrected chi connectivity index (χ1v) is 6.31. The van der Waals surface area contributed by atoms with Crippen LogP contribution in [0, 0.1) is 5.92 Å². The number of ketones is 2. The van der Waals surface area contributed by atoms with Crippen LogP contribution >= 0.6 is 23.2 Å². The summed E-state index contributed by atoms with van der Waals surface area (Å²) in [4.78, 5) is 23.5. The number of carbonyl (C=O) groups is 2. The molecule has 0 aromatic heterocycles. The molecule has 2 nitrogen and oxygen atoms in total. The van der Waals surface area contributed by atoms with Gasteiger partial charge >= 0.3 is 0 Å². The van der Waals surface area contributed by atoms with Crippen LogP contribution in [0.1, 0.15) is 30.6 Å². The SMILES string of the molecule is CCC(C)C(=O)C(F)C(=O)c1cc(Cl)ccc1Cl. The van der Waals surface area contributed by atoms with E-state index in [0.29, 0.717) is 6.42 Å². The highest BCUT2D eigenvalue weighted by Gasteiger charge is 2.31. The fraction of sp³-hybridized carbons (Fsp3) is 0.385. The Balaban J connectivity index is 3.00. The standard InChI is InChI=1S/C13H13Cl2FO2/c1-3-7(2)12(17)11(16)13(18)9-6-8(14)4-5-10(9)15/h4-7,11H,3H2,1-2H3. The molecular formula is C13H13Cl2FO2. The second-order valence-corrected chi connectivity index (χ2v) is 4.91. The molecule has 0 fully saturated rings. The van der Waals surface area contributed by atoms with Gasteiger partial charge in [0, 0.05) is 16.5 Å². The van der Waals surface area contributed by atoms with E-state index in [1.807, 2.05) is 0 Å². The van der Waals surface area contributed by atoms with Gasteiger partial charge in [0.25, 0.3) is 0 Å². The predicted octanol–water partition coefficient (Wildman–Crippen LogP) is 4.13. The molecule has 0 aliphatic heterocycles. The Hall–Kier alpha value is -0.930. The third kappa shape index (κ3) is 3.30. The molecule has 0 radical (unpaired) electrons. The maximum atomic E-state index is 13.8. The molecule has 0 aliphatic carbocycles. The lowest BCUT2D eigenvalue weighted by Gasteiger charge is -2.12. The predicted molar refractivity (Wildman–Crippen MR) is 70.2 cm³/mol. The van der Waals surface area contributed by atoms with Crippen molar-refractivity contribution in [1.82, 2.24) is 0 Å². The van der Waals surface area contributed by atoms with Crippen molar-refractivity contribution in [2.75, 3.05) is 0 Å². The minimum Gasteiger partial charge on any atom is -0.296 e. The molecule has 0 aliphatic rings. The summed E-state index contributed by atoms with van der Waals surface area (Å²) >= 11 is 11.5. The van der Waals surface area contributed by atoms with Gasteiger partial charge in [-0.3, -0.25) is 9.59 Å². The number of carbonyl (C=O) groups excluding carboxylic acids is 2. The molecule has 0 spiro atoms. The van der Waals surface area contributed by atoms with Crippen LogP contribution in [0.4, 0.5) is 4.39 Å². The van der Waals surface area contributed by atoms with Gasteiger partial charge in [0.05, 0.1) is 5.02 Å². The van der Waals surface area contributed by atoms with E-state index in [-0.39, 0.29) is 15.6 Å². The minimum absolute atomic E-state index is 0.0617. The average Bonchev–Trinajstić information content (AvgIpc) is 2.38. The summed E-state index contributed by atoms with van der Waals surface area (Å²) in [5, 5.41) is 0.356. The van der Waals surface area contributed by atoms with Gasteiger partial charge in [-0.25, -0.2) is 4.39 Å². The van der Waals surface area contributed by atoms with Gasteiger partial charge in [-0.1, -0.05) is 37.0 Å². The zero-order valence-corrected chi connectivity index (χ0v) is 11.6. The van der Waals surface area contributed by atoms with Crippen LogP contribution in [-0.4, -0.2) is 17.7 Å². The molecule has 1 aromatic rings. The molecule has 1 aromatic carbocycles. The van der Waals surface area contributed by atoms with Gasteiger partial charge in [0.1, 0.15) is 0 Å². The Morgan fingerprint density at radius 1 is 1.33 bits per heavy atom. The van der Waals surface area contributed by atoms with Crippen molar-refractivity contribution in [3.05, 3.63) is 33.8 Å². The molecule has 2 atom stereocenters. The van der Waals surface area contributed by atoms with Crippen molar-refractivity contribution < 1.29 is 14.0 Å². The summed E-state index contributed by atoms with van der Waals surface area (Å²) < 4.78 is 13.8. The van der Waals surface area contributed by atoms with Gasteiger partial charge in [-0.05, 0) is 24.6 Å². The van der Waals surface area contributed by atoms with Crippen LogP contribution in [0.3, 0.4) is 0 Å². The van der Waals surface area contributed by atoms with Crippen molar-refractivity contribution in [2.45, 2.75) is 26.4 Å². The number of Topliss-reactive ketones (excluding diaryl/α,β-unsaturated/α-hetero) is 2. The zero-order chi connectivity index (χ0) is 13.9. The molecule has 0 saturated carbocycles. The summed E-state index contributed by atoms with van der Waals surface area (Å²) in [5.41, 5.74) is -0.0617. The molecule has 18 heavy (non-hydrogen) atoms. The molecule has 0 saturated heterocycles. The highest BCUT2D eigenvalue weighted by molar-refractivity contribution is 6.36. The molecule has 0 amide bonds. The normalized spacial score (nSPS) is 14.1. The number of hydrogen-bond acceptors (Lipinski definition) is 2. The summed E-state index contributed by atoms with van der Waals surface area (Å²) in [5.74, 6) is -2.16. The zero-order valence-electron chi connectivity index (χ0n) is 10.0. The maximum absolute atomic E-state index is 13.8. The topological polar surface area (TPSA) is 34.1 Å². The lowest BCUT2D eigenvalue weighted by molar-refractivity contribution is -0.125. The van der Waals surface area contributed by atoms with E-state index in [9.17, 15) is 14.0 Å². The lowest BCUT2D eigenvalue weighted by atomic mass is 9.95. The van der Waals surface area contributed by atoms with Gasteiger partial charge in [0.2, 0.25) is 12.0 Å². The van der Waals surface area contributed by atoms with E-state index < -0.39 is 23.7 Å². The highest BCUT2D eigenvalue weighted by atomic mass is 35.5. The number of benzene rings is 1. The molecule has 2 unspecified atom stereocenters. The molecule has 0 bridgehead atoms. The Bertz CT molecular complexity index is 474. The fourth-order valence-corrected chi connectivity index (χ4v) is 1.79. The number of rotatable bonds is 5. The Kier molecular flexibility index (Phi) is 5.29. The van der Waals surface area contributed by atoms with Crippen LogP contribution in [0.5, 0.6) is 0 Å². The smallest absolute Gasteiger partial charge is 0.221 e. The van der Waals surface area contributed by atoms with Crippen LogP contribution in [0.25, 0.3) is 0 Å². The number of alkyl halides is 1. The van der Waals surface area contributed by atoms with Crippen molar-refractivity contribution >= 4 is 34.8 Å². The van der Waals surface area contributed by atoms with Crippen molar-refractivity contribution in [2.24, 2.45) is 5.92 Å². The Morgan fingerprint density at radius 3 is 2.50 bits per heavy atom. The first kappa shape index (κ1) is 15.1. The molecular weight excluding hydrogens is 278 g/mol. The second-order valence-electron chi connectivity index (χ2n) is 4.06. The van der Waals surface area contributed by atoms with E-state index in [1.165, 1.54) is 18.2 Å². The highest BCUT2D eigenvalue weighted by Crippen LogP contribution is 2.23. The van der Waals surface area contributed by atoms with Gasteiger partial charge in [-0.2, -0.15) is 0 Å². The van der Waals surface area contributed by atoms with Crippen molar-refractivity contribution in [3.8, 4) is 0 Å². The first-order chi connectivity index (χ1) is 8.38. The quantitative estimate of drug-likeness (QED) is 0.604. The van der Waals surface area contributed by atoms with Crippen molar-refractivity contribution in [1.29, 1.82) is 0 Å². The third-order valence-electron chi connectivity index (χ3n) is 2.77. The van der Waals surface area contributed by atoms with E-state index in [1.54, 1.807) is 13.8 Å². The maximum Gasteiger partial charge on any atom is 0.221 e.